The summed E-state index contributed by atoms with van der Waals surface area (Å²) in [5.41, 5.74) is 1.90. The summed E-state index contributed by atoms with van der Waals surface area (Å²) in [4.78, 5) is 12.6. The molecular weight excluding hydrogens is 344 g/mol. The van der Waals surface area contributed by atoms with Gasteiger partial charge in [-0.05, 0) is 36.5 Å². The highest BCUT2D eigenvalue weighted by molar-refractivity contribution is 6.06. The molecule has 0 aliphatic carbocycles. The zero-order chi connectivity index (χ0) is 19.6. The van der Waals surface area contributed by atoms with Gasteiger partial charge in [0, 0.05) is 6.42 Å². The molecule has 1 aromatic carbocycles. The molecule has 0 unspecified atom stereocenters. The van der Waals surface area contributed by atoms with Crippen LogP contribution in [0.3, 0.4) is 0 Å². The Hall–Kier alpha value is -1.91. The molecule has 0 aromatic heterocycles. The maximum absolute atomic E-state index is 13.3. The summed E-state index contributed by atoms with van der Waals surface area (Å²) >= 11 is 0. The standard InChI is InChI=1S/C21H26F4O/c1-3-8-17(14-15-21(24,25)20(22)23)18(9-4-2)19(26)13-12-16-10-6-5-7-11-16/h5-7,10-13,20H,3-4,8-9,14-15H2,1-2H3/b13-12+,18-17-. The third-order valence-electron chi connectivity index (χ3n) is 4.08. The van der Waals surface area contributed by atoms with Gasteiger partial charge in [-0.25, -0.2) is 17.6 Å². The maximum atomic E-state index is 13.3. The molecular formula is C21H26F4O. The average Bonchev–Trinajstić information content (AvgIpc) is 2.62. The molecule has 0 saturated carbocycles. The first-order chi connectivity index (χ1) is 12.3. The molecule has 0 saturated heterocycles. The maximum Gasteiger partial charge on any atom is 0.307 e. The van der Waals surface area contributed by atoms with Crippen LogP contribution in [0.4, 0.5) is 17.6 Å². The molecule has 1 aromatic rings. The normalized spacial score (nSPS) is 13.3. The highest BCUT2D eigenvalue weighted by atomic mass is 19.3. The van der Waals surface area contributed by atoms with Crippen molar-refractivity contribution in [2.45, 2.75) is 64.7 Å². The minimum absolute atomic E-state index is 0.189. The number of hydrogen-bond acceptors (Lipinski definition) is 1. The summed E-state index contributed by atoms with van der Waals surface area (Å²) in [5.74, 6) is -4.27. The van der Waals surface area contributed by atoms with Gasteiger partial charge >= 0.3 is 12.3 Å². The molecule has 0 atom stereocenters. The Bertz CT molecular complexity index is 618. The number of benzene rings is 1. The predicted octanol–water partition coefficient (Wildman–Crippen LogP) is 6.85. The van der Waals surface area contributed by atoms with Crippen LogP contribution in [0.25, 0.3) is 6.08 Å². The van der Waals surface area contributed by atoms with Gasteiger partial charge < -0.3 is 0 Å². The lowest BCUT2D eigenvalue weighted by Gasteiger charge is -2.18. The van der Waals surface area contributed by atoms with Crippen LogP contribution in [0, 0.1) is 0 Å². The molecule has 1 rings (SSSR count). The van der Waals surface area contributed by atoms with Crippen LogP contribution in [0.2, 0.25) is 0 Å². The van der Waals surface area contributed by atoms with E-state index >= 15 is 0 Å². The average molecular weight is 370 g/mol. The number of ketones is 1. The summed E-state index contributed by atoms with van der Waals surface area (Å²) in [6.45, 7) is 3.77. The smallest absolute Gasteiger partial charge is 0.290 e. The fourth-order valence-electron chi connectivity index (χ4n) is 2.72. The molecule has 0 heterocycles. The molecule has 0 radical (unpaired) electrons. The van der Waals surface area contributed by atoms with Crippen molar-refractivity contribution in [3.63, 3.8) is 0 Å². The van der Waals surface area contributed by atoms with Crippen molar-refractivity contribution < 1.29 is 22.4 Å². The lowest BCUT2D eigenvalue weighted by molar-refractivity contribution is -0.132. The van der Waals surface area contributed by atoms with Crippen LogP contribution in [-0.2, 0) is 4.79 Å². The molecule has 0 bridgehead atoms. The minimum atomic E-state index is -4.03. The van der Waals surface area contributed by atoms with E-state index in [0.29, 0.717) is 36.8 Å². The Morgan fingerprint density at radius 2 is 1.65 bits per heavy atom. The number of halogens is 4. The molecule has 0 aliphatic heterocycles. The molecule has 0 spiro atoms. The quantitative estimate of drug-likeness (QED) is 0.308. The monoisotopic (exact) mass is 370 g/mol. The first kappa shape index (κ1) is 22.1. The summed E-state index contributed by atoms with van der Waals surface area (Å²) in [6, 6.07) is 9.26. The Kier molecular flexibility index (Phi) is 9.31. The molecule has 26 heavy (non-hydrogen) atoms. The molecule has 144 valence electrons. The van der Waals surface area contributed by atoms with E-state index in [-0.39, 0.29) is 12.2 Å². The van der Waals surface area contributed by atoms with Gasteiger partial charge in [0.1, 0.15) is 0 Å². The Morgan fingerprint density at radius 3 is 2.19 bits per heavy atom. The fraction of sp³-hybridized carbons (Fsp3) is 0.476. The Morgan fingerprint density at radius 1 is 1.04 bits per heavy atom. The van der Waals surface area contributed by atoms with E-state index < -0.39 is 18.8 Å². The SMILES string of the molecule is CCC/C(CCC(F)(F)C(F)F)=C(\CCC)C(=O)/C=C/c1ccccc1. The van der Waals surface area contributed by atoms with Crippen LogP contribution < -0.4 is 0 Å². The van der Waals surface area contributed by atoms with Crippen molar-refractivity contribution in [1.82, 2.24) is 0 Å². The second-order valence-electron chi connectivity index (χ2n) is 6.25. The first-order valence-corrected chi connectivity index (χ1v) is 8.96. The van der Waals surface area contributed by atoms with Gasteiger partial charge in [0.15, 0.2) is 5.78 Å². The molecule has 5 heteroatoms. The van der Waals surface area contributed by atoms with Crippen molar-refractivity contribution in [2.75, 3.05) is 0 Å². The van der Waals surface area contributed by atoms with Gasteiger partial charge in [0.05, 0.1) is 0 Å². The van der Waals surface area contributed by atoms with Crippen molar-refractivity contribution in [2.24, 2.45) is 0 Å². The van der Waals surface area contributed by atoms with E-state index in [9.17, 15) is 22.4 Å². The van der Waals surface area contributed by atoms with Gasteiger partial charge in [-0.1, -0.05) is 68.7 Å². The second-order valence-corrected chi connectivity index (χ2v) is 6.25. The third kappa shape index (κ3) is 7.14. The van der Waals surface area contributed by atoms with E-state index in [1.54, 1.807) is 6.08 Å². The first-order valence-electron chi connectivity index (χ1n) is 8.96. The molecule has 0 fully saturated rings. The Labute approximate surface area is 152 Å². The number of alkyl halides is 4. The van der Waals surface area contributed by atoms with Crippen LogP contribution in [0.15, 0.2) is 47.6 Å². The topological polar surface area (TPSA) is 17.1 Å². The van der Waals surface area contributed by atoms with Crippen molar-refractivity contribution in [3.8, 4) is 0 Å². The molecule has 0 amide bonds. The van der Waals surface area contributed by atoms with Gasteiger partial charge in [0.2, 0.25) is 0 Å². The molecule has 0 aliphatic rings. The van der Waals surface area contributed by atoms with Crippen molar-refractivity contribution in [3.05, 3.63) is 53.1 Å². The lowest BCUT2D eigenvalue weighted by Crippen LogP contribution is -2.26. The number of allylic oxidation sites excluding steroid dienone is 3. The predicted molar refractivity (Wildman–Crippen MR) is 97.5 cm³/mol. The zero-order valence-corrected chi connectivity index (χ0v) is 15.3. The molecule has 0 N–H and O–H groups in total. The minimum Gasteiger partial charge on any atom is -0.290 e. The van der Waals surface area contributed by atoms with E-state index in [1.165, 1.54) is 6.08 Å². The number of carbonyl (C=O) groups excluding carboxylic acids is 1. The highest BCUT2D eigenvalue weighted by Crippen LogP contribution is 2.32. The van der Waals surface area contributed by atoms with Gasteiger partial charge in [-0.2, -0.15) is 0 Å². The fourth-order valence-corrected chi connectivity index (χ4v) is 2.72. The lowest BCUT2D eigenvalue weighted by atomic mass is 9.91. The third-order valence-corrected chi connectivity index (χ3v) is 4.08. The van der Waals surface area contributed by atoms with E-state index in [1.807, 2.05) is 44.2 Å². The summed E-state index contributed by atoms with van der Waals surface area (Å²) in [7, 11) is 0. The zero-order valence-electron chi connectivity index (χ0n) is 15.3. The van der Waals surface area contributed by atoms with Gasteiger partial charge in [0.25, 0.3) is 0 Å². The van der Waals surface area contributed by atoms with Gasteiger partial charge in [-0.3, -0.25) is 4.79 Å². The van der Waals surface area contributed by atoms with E-state index in [4.69, 9.17) is 0 Å². The molecule has 1 nitrogen and oxygen atoms in total. The van der Waals surface area contributed by atoms with Crippen LogP contribution in [0.5, 0.6) is 0 Å². The van der Waals surface area contributed by atoms with Crippen LogP contribution >= 0.6 is 0 Å². The van der Waals surface area contributed by atoms with Crippen molar-refractivity contribution in [1.29, 1.82) is 0 Å². The van der Waals surface area contributed by atoms with Gasteiger partial charge in [-0.15, -0.1) is 0 Å². The number of hydrogen-bond donors (Lipinski definition) is 0. The number of rotatable bonds is 11. The summed E-state index contributed by atoms with van der Waals surface area (Å²) in [6.07, 6.45) is 0.545. The van der Waals surface area contributed by atoms with E-state index in [2.05, 4.69) is 0 Å². The second kappa shape index (κ2) is 10.9. The summed E-state index contributed by atoms with van der Waals surface area (Å²) < 4.78 is 51.4. The van der Waals surface area contributed by atoms with Crippen LogP contribution in [0.1, 0.15) is 57.9 Å². The highest BCUT2D eigenvalue weighted by Gasteiger charge is 2.40. The largest absolute Gasteiger partial charge is 0.307 e. The van der Waals surface area contributed by atoms with Crippen LogP contribution in [-0.4, -0.2) is 18.1 Å². The summed E-state index contributed by atoms with van der Waals surface area (Å²) in [5, 5.41) is 0. The van der Waals surface area contributed by atoms with E-state index in [0.717, 1.165) is 5.56 Å². The number of carbonyl (C=O) groups is 1. The Balaban J connectivity index is 3.03. The van der Waals surface area contributed by atoms with Crippen molar-refractivity contribution >= 4 is 11.9 Å².